The second-order valence-corrected chi connectivity index (χ2v) is 7.00. The van der Waals surface area contributed by atoms with Gasteiger partial charge in [0.1, 0.15) is 11.6 Å². The molecule has 0 spiro atoms. The summed E-state index contributed by atoms with van der Waals surface area (Å²) in [6, 6.07) is 2.90. The zero-order valence-corrected chi connectivity index (χ0v) is 12.5. The summed E-state index contributed by atoms with van der Waals surface area (Å²) >= 11 is 0. The average molecular weight is 302 g/mol. The number of carbonyl (C=O) groups is 1. The standard InChI is InChI=1S/C13H19FN2O3S/c1-8(2)9(3)16-13(17)7-20(18,19)12-6-10(14)4-5-11(12)15/h4-6,8-9H,7,15H2,1-3H3,(H,16,17). The van der Waals surface area contributed by atoms with Gasteiger partial charge in [-0.3, -0.25) is 4.79 Å². The summed E-state index contributed by atoms with van der Waals surface area (Å²) in [5.41, 5.74) is 5.45. The topological polar surface area (TPSA) is 89.3 Å². The lowest BCUT2D eigenvalue weighted by Gasteiger charge is -2.17. The van der Waals surface area contributed by atoms with Gasteiger partial charge >= 0.3 is 0 Å². The Kier molecular flexibility index (Phi) is 5.10. The number of hydrogen-bond donors (Lipinski definition) is 2. The number of nitrogen functional groups attached to an aromatic ring is 1. The highest BCUT2D eigenvalue weighted by molar-refractivity contribution is 7.92. The summed E-state index contributed by atoms with van der Waals surface area (Å²) in [5.74, 6) is -1.91. The van der Waals surface area contributed by atoms with E-state index < -0.39 is 27.3 Å². The molecule has 1 aromatic carbocycles. The fourth-order valence-corrected chi connectivity index (χ4v) is 2.79. The summed E-state index contributed by atoms with van der Waals surface area (Å²) < 4.78 is 37.2. The molecule has 0 aliphatic rings. The lowest BCUT2D eigenvalue weighted by molar-refractivity contribution is -0.119. The fourth-order valence-electron chi connectivity index (χ4n) is 1.49. The summed E-state index contributed by atoms with van der Waals surface area (Å²) in [5, 5.41) is 2.59. The first-order chi connectivity index (χ1) is 9.13. The van der Waals surface area contributed by atoms with E-state index in [4.69, 9.17) is 5.73 Å². The van der Waals surface area contributed by atoms with Crippen molar-refractivity contribution >= 4 is 21.4 Å². The van der Waals surface area contributed by atoms with Gasteiger partial charge in [0.05, 0.1) is 10.6 Å². The Morgan fingerprint density at radius 1 is 1.35 bits per heavy atom. The van der Waals surface area contributed by atoms with Crippen LogP contribution in [0.15, 0.2) is 23.1 Å². The van der Waals surface area contributed by atoms with E-state index in [2.05, 4.69) is 5.32 Å². The monoisotopic (exact) mass is 302 g/mol. The van der Waals surface area contributed by atoms with Gasteiger partial charge < -0.3 is 11.1 Å². The van der Waals surface area contributed by atoms with Crippen LogP contribution in [0.2, 0.25) is 0 Å². The van der Waals surface area contributed by atoms with Crippen molar-refractivity contribution in [2.45, 2.75) is 31.7 Å². The Labute approximate surface area is 118 Å². The van der Waals surface area contributed by atoms with Crippen LogP contribution in [0.4, 0.5) is 10.1 Å². The summed E-state index contributed by atoms with van der Waals surface area (Å²) in [7, 11) is -3.96. The number of nitrogens with two attached hydrogens (primary N) is 1. The summed E-state index contributed by atoms with van der Waals surface area (Å²) in [4.78, 5) is 11.4. The van der Waals surface area contributed by atoms with Crippen molar-refractivity contribution in [1.29, 1.82) is 0 Å². The molecule has 0 radical (unpaired) electrons. The first-order valence-electron chi connectivity index (χ1n) is 6.20. The maximum Gasteiger partial charge on any atom is 0.235 e. The molecule has 0 saturated carbocycles. The highest BCUT2D eigenvalue weighted by Gasteiger charge is 2.23. The number of rotatable bonds is 5. The highest BCUT2D eigenvalue weighted by atomic mass is 32.2. The van der Waals surface area contributed by atoms with E-state index in [0.717, 1.165) is 18.2 Å². The normalized spacial score (nSPS) is 13.2. The van der Waals surface area contributed by atoms with Crippen molar-refractivity contribution in [3.8, 4) is 0 Å². The second kappa shape index (κ2) is 6.21. The van der Waals surface area contributed by atoms with Crippen LogP contribution in [0.3, 0.4) is 0 Å². The maximum atomic E-state index is 13.1. The van der Waals surface area contributed by atoms with Gasteiger partial charge in [0.15, 0.2) is 9.84 Å². The summed E-state index contributed by atoms with van der Waals surface area (Å²) in [6.07, 6.45) is 0. The number of benzene rings is 1. The van der Waals surface area contributed by atoms with Gasteiger partial charge in [-0.2, -0.15) is 0 Å². The Morgan fingerprint density at radius 2 is 1.95 bits per heavy atom. The minimum Gasteiger partial charge on any atom is -0.398 e. The minimum absolute atomic E-state index is 0.0730. The van der Waals surface area contributed by atoms with Crippen molar-refractivity contribution in [2.24, 2.45) is 5.92 Å². The van der Waals surface area contributed by atoms with Gasteiger partial charge in [-0.1, -0.05) is 13.8 Å². The lowest BCUT2D eigenvalue weighted by atomic mass is 10.1. The van der Waals surface area contributed by atoms with Crippen LogP contribution in [0.5, 0.6) is 0 Å². The van der Waals surface area contributed by atoms with E-state index in [-0.39, 0.29) is 22.5 Å². The zero-order chi connectivity index (χ0) is 15.5. The number of halogens is 1. The van der Waals surface area contributed by atoms with E-state index in [9.17, 15) is 17.6 Å². The van der Waals surface area contributed by atoms with Crippen molar-refractivity contribution in [2.75, 3.05) is 11.5 Å². The maximum absolute atomic E-state index is 13.1. The largest absolute Gasteiger partial charge is 0.398 e. The zero-order valence-electron chi connectivity index (χ0n) is 11.7. The number of anilines is 1. The Hall–Kier alpha value is -1.63. The van der Waals surface area contributed by atoms with Crippen LogP contribution < -0.4 is 11.1 Å². The molecule has 7 heteroatoms. The second-order valence-electron chi connectivity index (χ2n) is 5.04. The number of carbonyl (C=O) groups excluding carboxylic acids is 1. The molecular formula is C13H19FN2O3S. The average Bonchev–Trinajstić information content (AvgIpc) is 2.31. The SMILES string of the molecule is CC(C)C(C)NC(=O)CS(=O)(=O)c1cc(F)ccc1N. The molecule has 112 valence electrons. The van der Waals surface area contributed by atoms with Gasteiger partial charge in [-0.15, -0.1) is 0 Å². The van der Waals surface area contributed by atoms with Crippen molar-refractivity contribution in [3.05, 3.63) is 24.0 Å². The first kappa shape index (κ1) is 16.4. The Bertz CT molecular complexity index is 600. The molecule has 1 unspecified atom stereocenters. The van der Waals surface area contributed by atoms with Crippen LogP contribution in [0.1, 0.15) is 20.8 Å². The third kappa shape index (κ3) is 4.19. The van der Waals surface area contributed by atoms with Gasteiger partial charge in [0, 0.05) is 6.04 Å². The van der Waals surface area contributed by atoms with Crippen molar-refractivity contribution < 1.29 is 17.6 Å². The highest BCUT2D eigenvalue weighted by Crippen LogP contribution is 2.20. The molecule has 0 aliphatic carbocycles. The number of hydrogen-bond acceptors (Lipinski definition) is 4. The molecule has 0 fully saturated rings. The molecule has 3 N–H and O–H groups in total. The molecule has 1 rings (SSSR count). The van der Waals surface area contributed by atoms with E-state index in [1.807, 2.05) is 13.8 Å². The Morgan fingerprint density at radius 3 is 2.50 bits per heavy atom. The fraction of sp³-hybridized carbons (Fsp3) is 0.462. The molecule has 1 aromatic rings. The van der Waals surface area contributed by atoms with Crippen LogP contribution in [0.25, 0.3) is 0 Å². The van der Waals surface area contributed by atoms with Gasteiger partial charge in [0.2, 0.25) is 5.91 Å². The third-order valence-electron chi connectivity index (χ3n) is 3.02. The number of sulfone groups is 1. The van der Waals surface area contributed by atoms with Crippen LogP contribution >= 0.6 is 0 Å². The first-order valence-corrected chi connectivity index (χ1v) is 7.86. The quantitative estimate of drug-likeness (QED) is 0.803. The molecule has 20 heavy (non-hydrogen) atoms. The van der Waals surface area contributed by atoms with Gasteiger partial charge in [-0.25, -0.2) is 12.8 Å². The predicted molar refractivity (Wildman–Crippen MR) is 75.3 cm³/mol. The van der Waals surface area contributed by atoms with Crippen molar-refractivity contribution in [3.63, 3.8) is 0 Å². The molecule has 0 bridgehead atoms. The molecule has 0 heterocycles. The van der Waals surface area contributed by atoms with Gasteiger partial charge in [0.25, 0.3) is 0 Å². The predicted octanol–water partition coefficient (Wildman–Crippen LogP) is 1.34. The molecule has 0 saturated heterocycles. The van der Waals surface area contributed by atoms with Gasteiger partial charge in [-0.05, 0) is 31.0 Å². The molecular weight excluding hydrogens is 283 g/mol. The van der Waals surface area contributed by atoms with Crippen molar-refractivity contribution in [1.82, 2.24) is 5.32 Å². The number of nitrogens with one attached hydrogen (secondary N) is 1. The van der Waals surface area contributed by atoms with Crippen LogP contribution in [-0.4, -0.2) is 26.1 Å². The third-order valence-corrected chi connectivity index (χ3v) is 4.69. The van der Waals surface area contributed by atoms with E-state index in [1.54, 1.807) is 6.92 Å². The molecule has 0 aromatic heterocycles. The minimum atomic E-state index is -3.96. The smallest absolute Gasteiger partial charge is 0.235 e. The molecule has 1 atom stereocenters. The summed E-state index contributed by atoms with van der Waals surface area (Å²) in [6.45, 7) is 5.60. The molecule has 5 nitrogen and oxygen atoms in total. The van der Waals surface area contributed by atoms with Crippen LogP contribution in [0, 0.1) is 11.7 Å². The number of amides is 1. The van der Waals surface area contributed by atoms with E-state index in [1.165, 1.54) is 0 Å². The molecule has 0 aliphatic heterocycles. The lowest BCUT2D eigenvalue weighted by Crippen LogP contribution is -2.39. The van der Waals surface area contributed by atoms with Crippen LogP contribution in [-0.2, 0) is 14.6 Å². The Balaban J connectivity index is 2.90. The molecule has 1 amide bonds. The van der Waals surface area contributed by atoms with E-state index >= 15 is 0 Å². The van der Waals surface area contributed by atoms with E-state index in [0.29, 0.717) is 0 Å².